The van der Waals surface area contributed by atoms with Crippen molar-refractivity contribution in [3.8, 4) is 11.5 Å². The molecule has 0 aliphatic carbocycles. The fourth-order valence-corrected chi connectivity index (χ4v) is 4.94. The van der Waals surface area contributed by atoms with Crippen LogP contribution in [0.15, 0.2) is 64.8 Å². The second-order valence-electron chi connectivity index (χ2n) is 7.95. The molecule has 0 saturated carbocycles. The van der Waals surface area contributed by atoms with E-state index in [9.17, 15) is 4.79 Å². The Morgan fingerprint density at radius 1 is 1.09 bits per heavy atom. The quantitative estimate of drug-likeness (QED) is 0.538. The Kier molecular flexibility index (Phi) is 7.34. The first kappa shape index (κ1) is 22.9. The van der Waals surface area contributed by atoms with Crippen molar-refractivity contribution >= 4 is 29.2 Å². The van der Waals surface area contributed by atoms with Crippen LogP contribution in [0.25, 0.3) is 0 Å². The average Bonchev–Trinajstić information content (AvgIpc) is 2.84. The Labute approximate surface area is 198 Å². The van der Waals surface area contributed by atoms with Crippen molar-refractivity contribution in [1.82, 2.24) is 9.97 Å². The summed E-state index contributed by atoms with van der Waals surface area (Å²) in [5, 5.41) is 3.88. The third-order valence-corrected chi connectivity index (χ3v) is 6.56. The van der Waals surface area contributed by atoms with Crippen molar-refractivity contribution < 1.29 is 14.3 Å². The van der Waals surface area contributed by atoms with Gasteiger partial charge < -0.3 is 19.7 Å². The highest BCUT2D eigenvalue weighted by Gasteiger charge is 2.28. The Bertz CT molecular complexity index is 1120. The predicted octanol–water partition coefficient (Wildman–Crippen LogP) is 4.81. The third kappa shape index (κ3) is 5.57. The van der Waals surface area contributed by atoms with E-state index in [2.05, 4.69) is 45.3 Å². The van der Waals surface area contributed by atoms with Gasteiger partial charge in [0.2, 0.25) is 5.91 Å². The van der Waals surface area contributed by atoms with Gasteiger partial charge in [0.1, 0.15) is 5.03 Å². The Balaban J connectivity index is 1.47. The molecule has 1 fully saturated rings. The van der Waals surface area contributed by atoms with Crippen LogP contribution < -0.4 is 19.7 Å². The molecule has 1 atom stereocenters. The van der Waals surface area contributed by atoms with E-state index in [-0.39, 0.29) is 11.8 Å². The first-order chi connectivity index (χ1) is 16.1. The van der Waals surface area contributed by atoms with E-state index in [0.29, 0.717) is 23.7 Å². The third-order valence-electron chi connectivity index (χ3n) is 5.59. The first-order valence-corrected chi connectivity index (χ1v) is 11.7. The van der Waals surface area contributed by atoms with E-state index in [1.807, 2.05) is 12.1 Å². The summed E-state index contributed by atoms with van der Waals surface area (Å²) >= 11 is 1.60. The number of amides is 1. The second-order valence-corrected chi connectivity index (χ2v) is 9.01. The molecule has 172 valence electrons. The standard InChI is InChI=1S/C25H28N4O3S/c1-17-6-4-8-20(14-17)33-25-23(26-11-12-27-25)29-13-5-7-18(16-29)24(30)28-19-9-10-21(31-2)22(15-19)32-3/h4,6,8-12,14-15,18H,5,7,13,16H2,1-3H3,(H,28,30)/t18-/m0/s1. The van der Waals surface area contributed by atoms with Crippen LogP contribution in [-0.4, -0.2) is 43.2 Å². The summed E-state index contributed by atoms with van der Waals surface area (Å²) in [5.41, 5.74) is 1.89. The van der Waals surface area contributed by atoms with Crippen LogP contribution in [0.1, 0.15) is 18.4 Å². The maximum absolute atomic E-state index is 13.1. The van der Waals surface area contributed by atoms with E-state index in [1.165, 1.54) is 5.56 Å². The average molecular weight is 465 g/mol. The summed E-state index contributed by atoms with van der Waals surface area (Å²) in [4.78, 5) is 25.6. The number of nitrogens with one attached hydrogen (secondary N) is 1. The van der Waals surface area contributed by atoms with Crippen molar-refractivity contribution in [2.24, 2.45) is 5.92 Å². The van der Waals surface area contributed by atoms with Crippen molar-refractivity contribution in [1.29, 1.82) is 0 Å². The van der Waals surface area contributed by atoms with Crippen LogP contribution in [-0.2, 0) is 4.79 Å². The van der Waals surface area contributed by atoms with E-state index in [4.69, 9.17) is 9.47 Å². The number of aryl methyl sites for hydroxylation is 1. The zero-order valence-corrected chi connectivity index (χ0v) is 19.9. The summed E-state index contributed by atoms with van der Waals surface area (Å²) in [6, 6.07) is 13.7. The van der Waals surface area contributed by atoms with Crippen LogP contribution in [0.5, 0.6) is 11.5 Å². The minimum absolute atomic E-state index is 0.0105. The minimum Gasteiger partial charge on any atom is -0.493 e. The monoisotopic (exact) mass is 464 g/mol. The van der Waals surface area contributed by atoms with Gasteiger partial charge in [-0.05, 0) is 44.0 Å². The second kappa shape index (κ2) is 10.6. The first-order valence-electron chi connectivity index (χ1n) is 10.9. The van der Waals surface area contributed by atoms with Crippen molar-refractivity contribution in [3.05, 3.63) is 60.4 Å². The maximum Gasteiger partial charge on any atom is 0.229 e. The number of nitrogens with zero attached hydrogens (tertiary/aromatic N) is 3. The molecule has 0 radical (unpaired) electrons. The molecule has 1 N–H and O–H groups in total. The number of benzene rings is 2. The number of aromatic nitrogens is 2. The fourth-order valence-electron chi connectivity index (χ4n) is 3.94. The Morgan fingerprint density at radius 3 is 2.70 bits per heavy atom. The van der Waals surface area contributed by atoms with Crippen LogP contribution in [0.3, 0.4) is 0 Å². The predicted molar refractivity (Wildman–Crippen MR) is 130 cm³/mol. The zero-order valence-electron chi connectivity index (χ0n) is 19.1. The fraction of sp³-hybridized carbons (Fsp3) is 0.320. The van der Waals surface area contributed by atoms with Crippen molar-refractivity contribution in [2.45, 2.75) is 29.7 Å². The summed E-state index contributed by atoms with van der Waals surface area (Å²) < 4.78 is 10.6. The topological polar surface area (TPSA) is 76.6 Å². The van der Waals surface area contributed by atoms with Gasteiger partial charge in [0, 0.05) is 42.1 Å². The Hall–Kier alpha value is -3.26. The molecular formula is C25H28N4O3S. The van der Waals surface area contributed by atoms with Gasteiger partial charge in [0.15, 0.2) is 17.3 Å². The molecule has 1 aromatic heterocycles. The summed E-state index contributed by atoms with van der Waals surface area (Å²) in [7, 11) is 3.17. The van der Waals surface area contributed by atoms with E-state index >= 15 is 0 Å². The molecule has 0 bridgehead atoms. The highest BCUT2D eigenvalue weighted by molar-refractivity contribution is 7.99. The van der Waals surface area contributed by atoms with Gasteiger partial charge in [-0.1, -0.05) is 29.5 Å². The smallest absolute Gasteiger partial charge is 0.229 e. The Morgan fingerprint density at radius 2 is 1.91 bits per heavy atom. The van der Waals surface area contributed by atoms with Gasteiger partial charge >= 0.3 is 0 Å². The highest BCUT2D eigenvalue weighted by atomic mass is 32.2. The van der Waals surface area contributed by atoms with Crippen LogP contribution in [0.2, 0.25) is 0 Å². The van der Waals surface area contributed by atoms with Gasteiger partial charge in [0.25, 0.3) is 0 Å². The van der Waals surface area contributed by atoms with Crippen LogP contribution in [0.4, 0.5) is 11.5 Å². The van der Waals surface area contributed by atoms with Crippen molar-refractivity contribution in [3.63, 3.8) is 0 Å². The molecule has 2 heterocycles. The molecule has 33 heavy (non-hydrogen) atoms. The van der Waals surface area contributed by atoms with Crippen LogP contribution >= 0.6 is 11.8 Å². The number of anilines is 2. The van der Waals surface area contributed by atoms with E-state index in [1.54, 1.807) is 50.5 Å². The molecule has 1 amide bonds. The van der Waals surface area contributed by atoms with Crippen LogP contribution in [0, 0.1) is 12.8 Å². The normalized spacial score (nSPS) is 15.7. The molecule has 1 aliphatic rings. The number of hydrogen-bond donors (Lipinski definition) is 1. The lowest BCUT2D eigenvalue weighted by molar-refractivity contribution is -0.120. The molecule has 8 heteroatoms. The molecule has 3 aromatic rings. The number of piperidine rings is 1. The van der Waals surface area contributed by atoms with E-state index < -0.39 is 0 Å². The lowest BCUT2D eigenvalue weighted by Gasteiger charge is -2.33. The lowest BCUT2D eigenvalue weighted by Crippen LogP contribution is -2.41. The van der Waals surface area contributed by atoms with Gasteiger partial charge in [-0.15, -0.1) is 0 Å². The molecular weight excluding hydrogens is 436 g/mol. The number of hydrogen-bond acceptors (Lipinski definition) is 7. The van der Waals surface area contributed by atoms with Gasteiger partial charge in [-0.2, -0.15) is 0 Å². The SMILES string of the molecule is COc1ccc(NC(=O)[C@H]2CCCN(c3nccnc3Sc3cccc(C)c3)C2)cc1OC. The summed E-state index contributed by atoms with van der Waals surface area (Å²) in [6.07, 6.45) is 5.17. The minimum atomic E-state index is -0.148. The van der Waals surface area contributed by atoms with Gasteiger partial charge in [-0.3, -0.25) is 4.79 Å². The molecule has 7 nitrogen and oxygen atoms in total. The van der Waals surface area contributed by atoms with Gasteiger partial charge in [-0.25, -0.2) is 9.97 Å². The maximum atomic E-state index is 13.1. The molecule has 1 aliphatic heterocycles. The highest BCUT2D eigenvalue weighted by Crippen LogP contribution is 2.35. The molecule has 4 rings (SSSR count). The van der Waals surface area contributed by atoms with Crippen molar-refractivity contribution in [2.75, 3.05) is 37.5 Å². The molecule has 1 saturated heterocycles. The largest absolute Gasteiger partial charge is 0.493 e. The number of ether oxygens (including phenoxy) is 2. The van der Waals surface area contributed by atoms with E-state index in [0.717, 1.165) is 35.1 Å². The molecule has 0 unspecified atom stereocenters. The number of carbonyl (C=O) groups is 1. The molecule has 0 spiro atoms. The van der Waals surface area contributed by atoms with Gasteiger partial charge in [0.05, 0.1) is 20.1 Å². The number of carbonyl (C=O) groups excluding carboxylic acids is 1. The summed E-state index contributed by atoms with van der Waals surface area (Å²) in [5.74, 6) is 1.88. The summed E-state index contributed by atoms with van der Waals surface area (Å²) in [6.45, 7) is 3.52. The number of rotatable bonds is 7. The number of methoxy groups -OCH3 is 2. The lowest BCUT2D eigenvalue weighted by atomic mass is 9.97. The zero-order chi connectivity index (χ0) is 23.2. The molecule has 2 aromatic carbocycles.